The summed E-state index contributed by atoms with van der Waals surface area (Å²) in [4.78, 5) is 33.6. The second kappa shape index (κ2) is 8.68. The summed E-state index contributed by atoms with van der Waals surface area (Å²) in [6.45, 7) is 5.46. The number of H-pyrrole nitrogens is 1. The van der Waals surface area contributed by atoms with E-state index in [1.807, 2.05) is 13.8 Å². The van der Waals surface area contributed by atoms with Crippen molar-refractivity contribution in [2.75, 3.05) is 5.32 Å². The van der Waals surface area contributed by atoms with Gasteiger partial charge < -0.3 is 15.0 Å². The van der Waals surface area contributed by atoms with Crippen LogP contribution in [0.25, 0.3) is 10.2 Å². The zero-order valence-corrected chi connectivity index (χ0v) is 17.8. The third-order valence-electron chi connectivity index (χ3n) is 4.26. The van der Waals surface area contributed by atoms with Crippen LogP contribution in [0, 0.1) is 13.8 Å². The first-order chi connectivity index (χ1) is 14.0. The zero-order valence-electron chi connectivity index (χ0n) is 16.2. The van der Waals surface area contributed by atoms with Crippen LogP contribution in [0.4, 0.5) is 18.9 Å². The predicted molar refractivity (Wildman–Crippen MR) is 112 cm³/mol. The van der Waals surface area contributed by atoms with Gasteiger partial charge in [-0.3, -0.25) is 9.59 Å². The number of thiophene rings is 1. The van der Waals surface area contributed by atoms with Crippen molar-refractivity contribution >= 4 is 44.9 Å². The normalized spacial score (nSPS) is 12.7. The average Bonchev–Trinajstić information content (AvgIpc) is 2.92. The van der Waals surface area contributed by atoms with Crippen molar-refractivity contribution in [3.63, 3.8) is 0 Å². The average molecular weight is 457 g/mol. The van der Waals surface area contributed by atoms with Crippen molar-refractivity contribution in [1.82, 2.24) is 9.97 Å². The molecule has 1 atom stereocenters. The lowest BCUT2D eigenvalue weighted by atomic mass is 10.2. The Kier molecular flexibility index (Phi) is 6.41. The summed E-state index contributed by atoms with van der Waals surface area (Å²) in [5.41, 5.74) is 0.884. The number of carbonyl (C=O) groups excluding carboxylic acids is 1. The van der Waals surface area contributed by atoms with E-state index >= 15 is 0 Å². The number of aryl methyl sites for hydroxylation is 2. The summed E-state index contributed by atoms with van der Waals surface area (Å²) >= 11 is 2.69. The quantitative estimate of drug-likeness (QED) is 0.558. The largest absolute Gasteiger partial charge is 0.573 e. The number of alkyl halides is 3. The molecule has 2 heterocycles. The highest BCUT2D eigenvalue weighted by Crippen LogP contribution is 2.27. The molecule has 0 bridgehead atoms. The highest BCUT2D eigenvalue weighted by Gasteiger charge is 2.31. The van der Waals surface area contributed by atoms with Gasteiger partial charge in [0.15, 0.2) is 0 Å². The Balaban J connectivity index is 1.63. The molecule has 3 aromatic rings. The summed E-state index contributed by atoms with van der Waals surface area (Å²) in [5, 5.41) is 2.60. The summed E-state index contributed by atoms with van der Waals surface area (Å²) < 4.78 is 40.8. The van der Waals surface area contributed by atoms with E-state index in [9.17, 15) is 22.8 Å². The SMILES string of the molecule is Cc1sc2nc(CSC(C)C(=O)Nc3cccc(OC(F)(F)F)c3)[nH]c(=O)c2c1C. The monoisotopic (exact) mass is 457 g/mol. The van der Waals surface area contributed by atoms with E-state index in [0.29, 0.717) is 21.8 Å². The van der Waals surface area contributed by atoms with E-state index in [1.165, 1.54) is 35.2 Å². The molecule has 160 valence electrons. The van der Waals surface area contributed by atoms with E-state index in [2.05, 4.69) is 20.0 Å². The van der Waals surface area contributed by atoms with Gasteiger partial charge in [0.2, 0.25) is 5.91 Å². The molecule has 0 saturated heterocycles. The first-order valence-corrected chi connectivity index (χ1v) is 10.7. The van der Waals surface area contributed by atoms with Crippen molar-refractivity contribution in [3.8, 4) is 5.75 Å². The first kappa shape index (κ1) is 22.2. The van der Waals surface area contributed by atoms with Gasteiger partial charge in [-0.05, 0) is 38.5 Å². The highest BCUT2D eigenvalue weighted by molar-refractivity contribution is 7.99. The van der Waals surface area contributed by atoms with Crippen LogP contribution in [-0.4, -0.2) is 27.5 Å². The van der Waals surface area contributed by atoms with Gasteiger partial charge in [0.05, 0.1) is 16.4 Å². The standard InChI is InChI=1S/C19H18F3N3O3S2/c1-9-10(2)30-18-15(9)17(27)24-14(25-18)8-29-11(3)16(26)23-12-5-4-6-13(7-12)28-19(20,21)22/h4-7,11H,8H2,1-3H3,(H,23,26)(H,24,25,27). The Morgan fingerprint density at radius 3 is 2.80 bits per heavy atom. The second-order valence-electron chi connectivity index (χ2n) is 6.49. The number of amides is 1. The Morgan fingerprint density at radius 2 is 2.10 bits per heavy atom. The van der Waals surface area contributed by atoms with Crippen LogP contribution < -0.4 is 15.6 Å². The van der Waals surface area contributed by atoms with Crippen LogP contribution in [0.2, 0.25) is 0 Å². The molecule has 0 aliphatic carbocycles. The Hall–Kier alpha value is -2.53. The smallest absolute Gasteiger partial charge is 0.406 e. The number of anilines is 1. The molecule has 1 aromatic carbocycles. The molecule has 0 fully saturated rings. The maximum atomic E-state index is 12.4. The molecule has 1 unspecified atom stereocenters. The van der Waals surface area contributed by atoms with Crippen molar-refractivity contribution in [3.05, 3.63) is 50.9 Å². The van der Waals surface area contributed by atoms with Crippen molar-refractivity contribution in [1.29, 1.82) is 0 Å². The van der Waals surface area contributed by atoms with E-state index in [4.69, 9.17) is 0 Å². The van der Waals surface area contributed by atoms with Gasteiger partial charge in [0.25, 0.3) is 5.56 Å². The van der Waals surface area contributed by atoms with E-state index < -0.39 is 23.3 Å². The van der Waals surface area contributed by atoms with E-state index in [1.54, 1.807) is 6.92 Å². The number of ether oxygens (including phenoxy) is 1. The molecule has 11 heteroatoms. The number of aromatic amines is 1. The Labute approximate surface area is 177 Å². The fourth-order valence-corrected chi connectivity index (χ4v) is 4.47. The van der Waals surface area contributed by atoms with Crippen LogP contribution in [-0.2, 0) is 10.5 Å². The summed E-state index contributed by atoms with van der Waals surface area (Å²) in [6.07, 6.45) is -4.81. The summed E-state index contributed by atoms with van der Waals surface area (Å²) in [7, 11) is 0. The molecule has 6 nitrogen and oxygen atoms in total. The summed E-state index contributed by atoms with van der Waals surface area (Å²) in [5.74, 6) is -0.0564. The minimum absolute atomic E-state index is 0.187. The number of thioether (sulfide) groups is 1. The minimum Gasteiger partial charge on any atom is -0.406 e. The lowest BCUT2D eigenvalue weighted by molar-refractivity contribution is -0.274. The van der Waals surface area contributed by atoms with E-state index in [0.717, 1.165) is 22.6 Å². The minimum atomic E-state index is -4.81. The molecule has 2 aromatic heterocycles. The lowest BCUT2D eigenvalue weighted by Crippen LogP contribution is -2.23. The van der Waals surface area contributed by atoms with Gasteiger partial charge in [-0.2, -0.15) is 0 Å². The molecule has 1 amide bonds. The molecule has 2 N–H and O–H groups in total. The third-order valence-corrected chi connectivity index (χ3v) is 6.52. The number of carbonyl (C=O) groups is 1. The first-order valence-electron chi connectivity index (χ1n) is 8.80. The number of hydrogen-bond acceptors (Lipinski definition) is 6. The molecule has 0 spiro atoms. The number of hydrogen-bond donors (Lipinski definition) is 2. The molecule has 3 rings (SSSR count). The Bertz CT molecular complexity index is 1140. The van der Waals surface area contributed by atoms with Gasteiger partial charge in [0.1, 0.15) is 16.4 Å². The maximum absolute atomic E-state index is 12.4. The number of aromatic nitrogens is 2. The second-order valence-corrected chi connectivity index (χ2v) is 9.03. The van der Waals surface area contributed by atoms with Crippen LogP contribution in [0.5, 0.6) is 5.75 Å². The van der Waals surface area contributed by atoms with Crippen molar-refractivity contribution < 1.29 is 22.7 Å². The fourth-order valence-electron chi connectivity index (χ4n) is 2.66. The highest BCUT2D eigenvalue weighted by atomic mass is 32.2. The fraction of sp³-hybridized carbons (Fsp3) is 0.316. The molecule has 0 radical (unpaired) electrons. The zero-order chi connectivity index (χ0) is 22.1. The number of nitrogens with zero attached hydrogens (tertiary/aromatic N) is 1. The molecule has 30 heavy (non-hydrogen) atoms. The van der Waals surface area contributed by atoms with Gasteiger partial charge in [-0.25, -0.2) is 4.98 Å². The topological polar surface area (TPSA) is 84.1 Å². The van der Waals surface area contributed by atoms with Gasteiger partial charge in [-0.1, -0.05) is 6.07 Å². The number of halogens is 3. The van der Waals surface area contributed by atoms with Gasteiger partial charge >= 0.3 is 6.36 Å². The number of fused-ring (bicyclic) bond motifs is 1. The third kappa shape index (κ3) is 5.33. The Morgan fingerprint density at radius 1 is 1.37 bits per heavy atom. The number of nitrogens with one attached hydrogen (secondary N) is 2. The van der Waals surface area contributed by atoms with E-state index in [-0.39, 0.29) is 11.2 Å². The molecule has 0 aliphatic heterocycles. The molecule has 0 saturated carbocycles. The van der Waals surface area contributed by atoms with Crippen LogP contribution >= 0.6 is 23.1 Å². The van der Waals surface area contributed by atoms with Crippen molar-refractivity contribution in [2.45, 2.75) is 38.1 Å². The van der Waals surface area contributed by atoms with Gasteiger partial charge in [0, 0.05) is 16.6 Å². The maximum Gasteiger partial charge on any atom is 0.573 e. The number of benzene rings is 1. The number of rotatable bonds is 6. The van der Waals surface area contributed by atoms with Gasteiger partial charge in [-0.15, -0.1) is 36.3 Å². The van der Waals surface area contributed by atoms with Crippen LogP contribution in [0.15, 0.2) is 29.1 Å². The lowest BCUT2D eigenvalue weighted by Gasteiger charge is -2.13. The van der Waals surface area contributed by atoms with Crippen LogP contribution in [0.1, 0.15) is 23.2 Å². The molecular weight excluding hydrogens is 439 g/mol. The summed E-state index contributed by atoms with van der Waals surface area (Å²) in [6, 6.07) is 5.06. The van der Waals surface area contributed by atoms with Crippen molar-refractivity contribution in [2.24, 2.45) is 0 Å². The predicted octanol–water partition coefficient (Wildman–Crippen LogP) is 4.76. The molecular formula is C19H18F3N3O3S2. The molecule has 0 aliphatic rings. The van der Waals surface area contributed by atoms with Crippen LogP contribution in [0.3, 0.4) is 0 Å².